The first-order valence-electron chi connectivity index (χ1n) is 5.51. The molecule has 0 aromatic heterocycles. The van der Waals surface area contributed by atoms with Crippen LogP contribution in [0.2, 0.25) is 0 Å². The summed E-state index contributed by atoms with van der Waals surface area (Å²) in [7, 11) is 0. The Bertz CT molecular complexity index is 308. The fourth-order valence-electron chi connectivity index (χ4n) is 1.68. The average Bonchev–Trinajstić information content (AvgIpc) is 2.08. The molecule has 15 heavy (non-hydrogen) atoms. The topological polar surface area (TPSA) is 12.0 Å². The predicted molar refractivity (Wildman–Crippen MR) is 71.6 cm³/mol. The average molecular weight is 270 g/mol. The van der Waals surface area contributed by atoms with Crippen molar-refractivity contribution in [1.82, 2.24) is 0 Å². The summed E-state index contributed by atoms with van der Waals surface area (Å²) in [4.78, 5) is 0. The van der Waals surface area contributed by atoms with Crippen molar-refractivity contribution in [1.29, 1.82) is 0 Å². The van der Waals surface area contributed by atoms with E-state index in [1.54, 1.807) is 0 Å². The van der Waals surface area contributed by atoms with Crippen LogP contribution >= 0.6 is 15.9 Å². The largest absolute Gasteiger partial charge is 0.385 e. The van der Waals surface area contributed by atoms with E-state index in [4.69, 9.17) is 0 Å². The lowest BCUT2D eigenvalue weighted by Gasteiger charge is -2.14. The van der Waals surface area contributed by atoms with E-state index in [9.17, 15) is 0 Å². The van der Waals surface area contributed by atoms with Gasteiger partial charge in [0.2, 0.25) is 0 Å². The number of rotatable bonds is 4. The molecule has 0 fully saturated rings. The van der Waals surface area contributed by atoms with Gasteiger partial charge in [-0.05, 0) is 49.4 Å². The summed E-state index contributed by atoms with van der Waals surface area (Å²) in [6, 6.07) is 4.31. The number of anilines is 1. The van der Waals surface area contributed by atoms with Gasteiger partial charge in [0.15, 0.2) is 0 Å². The van der Waals surface area contributed by atoms with E-state index < -0.39 is 0 Å². The lowest BCUT2D eigenvalue weighted by molar-refractivity contribution is 0.607. The highest BCUT2D eigenvalue weighted by atomic mass is 79.9. The van der Waals surface area contributed by atoms with E-state index in [0.717, 1.165) is 16.9 Å². The second-order valence-electron chi connectivity index (χ2n) is 4.52. The van der Waals surface area contributed by atoms with Gasteiger partial charge in [0.05, 0.1) is 0 Å². The third kappa shape index (κ3) is 3.86. The lowest BCUT2D eigenvalue weighted by Crippen LogP contribution is -2.07. The highest BCUT2D eigenvalue weighted by Crippen LogP contribution is 2.25. The Balaban J connectivity index is 2.68. The first kappa shape index (κ1) is 12.6. The van der Waals surface area contributed by atoms with Gasteiger partial charge in [-0.1, -0.05) is 29.8 Å². The Morgan fingerprint density at radius 2 is 1.73 bits per heavy atom. The monoisotopic (exact) mass is 269 g/mol. The quantitative estimate of drug-likeness (QED) is 0.847. The number of aryl methyl sites for hydroxylation is 2. The SMILES string of the molecule is Cc1cc(Br)cc(C)c1NCCC(C)C. The zero-order chi connectivity index (χ0) is 11.4. The Labute approximate surface area is 101 Å². The summed E-state index contributed by atoms with van der Waals surface area (Å²) in [5.74, 6) is 0.758. The van der Waals surface area contributed by atoms with Gasteiger partial charge in [-0.25, -0.2) is 0 Å². The Morgan fingerprint density at radius 1 is 1.20 bits per heavy atom. The van der Waals surface area contributed by atoms with E-state index in [2.05, 4.69) is 61.1 Å². The van der Waals surface area contributed by atoms with Crippen LogP contribution in [-0.2, 0) is 0 Å². The molecule has 1 aromatic rings. The molecule has 1 N–H and O–H groups in total. The van der Waals surface area contributed by atoms with Crippen LogP contribution < -0.4 is 5.32 Å². The molecule has 0 bridgehead atoms. The second-order valence-corrected chi connectivity index (χ2v) is 5.44. The van der Waals surface area contributed by atoms with Gasteiger partial charge in [0.1, 0.15) is 0 Å². The first-order valence-corrected chi connectivity index (χ1v) is 6.30. The lowest BCUT2D eigenvalue weighted by atomic mass is 10.1. The van der Waals surface area contributed by atoms with Crippen molar-refractivity contribution in [2.75, 3.05) is 11.9 Å². The molecule has 0 aliphatic heterocycles. The van der Waals surface area contributed by atoms with Crippen molar-refractivity contribution in [3.8, 4) is 0 Å². The van der Waals surface area contributed by atoms with Gasteiger partial charge < -0.3 is 5.32 Å². The smallest absolute Gasteiger partial charge is 0.0400 e. The molecule has 2 heteroatoms. The number of nitrogens with one attached hydrogen (secondary N) is 1. The number of benzene rings is 1. The number of hydrogen-bond donors (Lipinski definition) is 1. The van der Waals surface area contributed by atoms with Crippen molar-refractivity contribution in [2.45, 2.75) is 34.1 Å². The third-order valence-electron chi connectivity index (χ3n) is 2.52. The molecule has 0 spiro atoms. The fourth-order valence-corrected chi connectivity index (χ4v) is 2.36. The van der Waals surface area contributed by atoms with Gasteiger partial charge in [-0.15, -0.1) is 0 Å². The maximum atomic E-state index is 3.52. The highest BCUT2D eigenvalue weighted by Gasteiger charge is 2.03. The van der Waals surface area contributed by atoms with Gasteiger partial charge in [-0.3, -0.25) is 0 Å². The second kappa shape index (κ2) is 5.55. The third-order valence-corrected chi connectivity index (χ3v) is 2.98. The van der Waals surface area contributed by atoms with Crippen LogP contribution in [0.4, 0.5) is 5.69 Å². The van der Waals surface area contributed by atoms with Crippen molar-refractivity contribution >= 4 is 21.6 Å². The van der Waals surface area contributed by atoms with Crippen molar-refractivity contribution in [2.24, 2.45) is 5.92 Å². The summed E-state index contributed by atoms with van der Waals surface area (Å²) in [6.45, 7) is 9.86. The molecule has 0 amide bonds. The Kier molecular flexibility index (Phi) is 4.65. The van der Waals surface area contributed by atoms with Gasteiger partial charge in [0, 0.05) is 16.7 Å². The molecule has 1 aromatic carbocycles. The van der Waals surface area contributed by atoms with Crippen LogP contribution in [0.3, 0.4) is 0 Å². The van der Waals surface area contributed by atoms with Crippen molar-refractivity contribution in [3.63, 3.8) is 0 Å². The van der Waals surface area contributed by atoms with Crippen molar-refractivity contribution < 1.29 is 0 Å². The molecule has 0 heterocycles. The highest BCUT2D eigenvalue weighted by molar-refractivity contribution is 9.10. The molecule has 1 nitrogen and oxygen atoms in total. The molecule has 0 saturated carbocycles. The van der Waals surface area contributed by atoms with Crippen LogP contribution in [0, 0.1) is 19.8 Å². The van der Waals surface area contributed by atoms with E-state index in [1.807, 2.05) is 0 Å². The predicted octanol–water partition coefficient (Wildman–Crippen LogP) is 4.52. The number of hydrogen-bond acceptors (Lipinski definition) is 1. The molecule has 0 unspecified atom stereocenters. The molecule has 0 aliphatic rings. The standard InChI is InChI=1S/C13H20BrN/c1-9(2)5-6-15-13-10(3)7-12(14)8-11(13)4/h7-9,15H,5-6H2,1-4H3. The zero-order valence-electron chi connectivity index (χ0n) is 10.0. The first-order chi connectivity index (χ1) is 7.00. The normalized spacial score (nSPS) is 10.8. The summed E-state index contributed by atoms with van der Waals surface area (Å²) < 4.78 is 1.16. The maximum absolute atomic E-state index is 3.52. The minimum absolute atomic E-state index is 0.758. The van der Waals surface area contributed by atoms with E-state index >= 15 is 0 Å². The molecule has 0 atom stereocenters. The van der Waals surface area contributed by atoms with Gasteiger partial charge in [-0.2, -0.15) is 0 Å². The Morgan fingerprint density at radius 3 is 2.20 bits per heavy atom. The summed E-state index contributed by atoms with van der Waals surface area (Å²) in [6.07, 6.45) is 1.22. The van der Waals surface area contributed by atoms with Crippen LogP contribution in [-0.4, -0.2) is 6.54 Å². The zero-order valence-corrected chi connectivity index (χ0v) is 11.6. The van der Waals surface area contributed by atoms with Crippen molar-refractivity contribution in [3.05, 3.63) is 27.7 Å². The molecule has 0 aliphatic carbocycles. The van der Waals surface area contributed by atoms with E-state index in [0.29, 0.717) is 0 Å². The van der Waals surface area contributed by atoms with Crippen LogP contribution in [0.25, 0.3) is 0 Å². The van der Waals surface area contributed by atoms with E-state index in [-0.39, 0.29) is 0 Å². The summed E-state index contributed by atoms with van der Waals surface area (Å²) in [5, 5.41) is 3.52. The maximum Gasteiger partial charge on any atom is 0.0400 e. The molecular weight excluding hydrogens is 250 g/mol. The molecular formula is C13H20BrN. The van der Waals surface area contributed by atoms with Crippen LogP contribution in [0.5, 0.6) is 0 Å². The molecule has 84 valence electrons. The summed E-state index contributed by atoms with van der Waals surface area (Å²) >= 11 is 3.51. The number of halogens is 1. The van der Waals surface area contributed by atoms with Gasteiger partial charge in [0.25, 0.3) is 0 Å². The molecule has 1 rings (SSSR count). The molecule has 0 radical (unpaired) electrons. The van der Waals surface area contributed by atoms with E-state index in [1.165, 1.54) is 23.2 Å². The van der Waals surface area contributed by atoms with Crippen LogP contribution in [0.1, 0.15) is 31.4 Å². The molecule has 0 saturated heterocycles. The minimum Gasteiger partial charge on any atom is -0.385 e. The minimum atomic E-state index is 0.758. The summed E-state index contributed by atoms with van der Waals surface area (Å²) in [5.41, 5.74) is 3.91. The Hall–Kier alpha value is -0.500. The fraction of sp³-hybridized carbons (Fsp3) is 0.538. The van der Waals surface area contributed by atoms with Crippen LogP contribution in [0.15, 0.2) is 16.6 Å². The van der Waals surface area contributed by atoms with Gasteiger partial charge >= 0.3 is 0 Å².